The third-order valence-electron chi connectivity index (χ3n) is 4.35. The second-order valence-electron chi connectivity index (χ2n) is 6.08. The van der Waals surface area contributed by atoms with Gasteiger partial charge < -0.3 is 9.47 Å². The molecule has 6 nitrogen and oxygen atoms in total. The van der Waals surface area contributed by atoms with E-state index in [0.717, 1.165) is 12.0 Å². The van der Waals surface area contributed by atoms with E-state index in [-0.39, 0.29) is 11.9 Å². The summed E-state index contributed by atoms with van der Waals surface area (Å²) in [5.41, 5.74) is -0.0192. The van der Waals surface area contributed by atoms with E-state index in [1.54, 1.807) is 12.4 Å². The number of hydrogen-bond acceptors (Lipinski definition) is 6. The van der Waals surface area contributed by atoms with Gasteiger partial charge in [0.25, 0.3) is 0 Å². The molecule has 0 spiro atoms. The van der Waals surface area contributed by atoms with Crippen molar-refractivity contribution in [1.82, 2.24) is 9.88 Å². The first-order valence-electron chi connectivity index (χ1n) is 8.45. The van der Waals surface area contributed by atoms with Crippen molar-refractivity contribution in [3.8, 4) is 6.07 Å². The van der Waals surface area contributed by atoms with Gasteiger partial charge in [0.05, 0.1) is 31.8 Å². The molecule has 2 heterocycles. The summed E-state index contributed by atoms with van der Waals surface area (Å²) in [6.07, 6.45) is 4.54. The highest BCUT2D eigenvalue weighted by Gasteiger charge is 2.42. The van der Waals surface area contributed by atoms with Gasteiger partial charge >= 0.3 is 5.97 Å². The molecule has 1 aromatic heterocycles. The molecule has 1 fully saturated rings. The minimum atomic E-state index is -0.878. The van der Waals surface area contributed by atoms with Crippen molar-refractivity contribution in [3.05, 3.63) is 30.1 Å². The first-order chi connectivity index (χ1) is 11.6. The fraction of sp³-hybridized carbons (Fsp3) is 0.611. The second kappa shape index (κ2) is 8.76. The third-order valence-corrected chi connectivity index (χ3v) is 4.35. The molecular formula is C18H25N3O3. The first kappa shape index (κ1) is 18.4. The number of esters is 1. The van der Waals surface area contributed by atoms with Crippen molar-refractivity contribution >= 4 is 5.97 Å². The Morgan fingerprint density at radius 1 is 1.46 bits per heavy atom. The number of hydrogen-bond donors (Lipinski definition) is 0. The van der Waals surface area contributed by atoms with Crippen LogP contribution in [0.4, 0.5) is 0 Å². The lowest BCUT2D eigenvalue weighted by atomic mass is 9.81. The van der Waals surface area contributed by atoms with Crippen LogP contribution >= 0.6 is 0 Å². The molecule has 2 rings (SSSR count). The zero-order chi connectivity index (χ0) is 17.4. The Hall–Kier alpha value is -1.97. The molecule has 24 heavy (non-hydrogen) atoms. The number of nitrogens with zero attached hydrogens (tertiary/aromatic N) is 3. The van der Waals surface area contributed by atoms with Crippen LogP contribution in [-0.4, -0.2) is 48.8 Å². The number of pyridine rings is 1. The maximum Gasteiger partial charge on any atom is 0.308 e. The van der Waals surface area contributed by atoms with Gasteiger partial charge in [-0.2, -0.15) is 5.26 Å². The molecule has 0 saturated carbocycles. The lowest BCUT2D eigenvalue weighted by Crippen LogP contribution is -2.52. The molecule has 130 valence electrons. The van der Waals surface area contributed by atoms with Crippen LogP contribution in [0.15, 0.2) is 24.5 Å². The maximum absolute atomic E-state index is 12.2. The summed E-state index contributed by atoms with van der Waals surface area (Å²) in [5.74, 6) is -0.619. The van der Waals surface area contributed by atoms with Gasteiger partial charge in [-0.1, -0.05) is 13.8 Å². The average molecular weight is 331 g/mol. The average Bonchev–Trinajstić information content (AvgIpc) is 2.65. The lowest BCUT2D eigenvalue weighted by molar-refractivity contribution is -0.149. The van der Waals surface area contributed by atoms with Gasteiger partial charge in [-0.15, -0.1) is 0 Å². The maximum atomic E-state index is 12.2. The normalized spacial score (nSPS) is 19.0. The van der Waals surface area contributed by atoms with Crippen LogP contribution in [0, 0.1) is 17.2 Å². The zero-order valence-electron chi connectivity index (χ0n) is 14.4. The van der Waals surface area contributed by atoms with Crippen LogP contribution < -0.4 is 0 Å². The molecule has 1 aliphatic heterocycles. The quantitative estimate of drug-likeness (QED) is 0.712. The van der Waals surface area contributed by atoms with Gasteiger partial charge in [0.15, 0.2) is 0 Å². The summed E-state index contributed by atoms with van der Waals surface area (Å²) >= 11 is 0. The van der Waals surface area contributed by atoms with Gasteiger partial charge in [0.1, 0.15) is 5.54 Å². The Kier molecular flexibility index (Phi) is 6.71. The molecule has 6 heteroatoms. The largest absolute Gasteiger partial charge is 0.465 e. The molecule has 0 amide bonds. The van der Waals surface area contributed by atoms with E-state index in [1.807, 2.05) is 26.0 Å². The predicted octanol–water partition coefficient (Wildman–Crippen LogP) is 2.11. The number of aromatic nitrogens is 1. The molecule has 0 radical (unpaired) electrons. The Morgan fingerprint density at radius 3 is 2.71 bits per heavy atom. The smallest absolute Gasteiger partial charge is 0.308 e. The van der Waals surface area contributed by atoms with E-state index in [9.17, 15) is 10.1 Å². The second-order valence-corrected chi connectivity index (χ2v) is 6.08. The number of morpholine rings is 1. The molecule has 2 unspecified atom stereocenters. The third kappa shape index (κ3) is 4.11. The van der Waals surface area contributed by atoms with Gasteiger partial charge in [-0.25, -0.2) is 0 Å². The number of nitriles is 1. The Bertz CT molecular complexity index is 567. The fourth-order valence-electron chi connectivity index (χ4n) is 3.05. The summed E-state index contributed by atoms with van der Waals surface area (Å²) in [7, 11) is 0. The van der Waals surface area contributed by atoms with Crippen molar-refractivity contribution < 1.29 is 14.3 Å². The van der Waals surface area contributed by atoms with Crippen LogP contribution in [0.2, 0.25) is 0 Å². The van der Waals surface area contributed by atoms with E-state index in [1.165, 1.54) is 0 Å². The summed E-state index contributed by atoms with van der Waals surface area (Å²) in [4.78, 5) is 18.4. The Morgan fingerprint density at radius 2 is 2.12 bits per heavy atom. The van der Waals surface area contributed by atoms with Crippen LogP contribution in [-0.2, 0) is 19.8 Å². The molecule has 1 aromatic rings. The predicted molar refractivity (Wildman–Crippen MR) is 89.0 cm³/mol. The summed E-state index contributed by atoms with van der Waals surface area (Å²) in [6.45, 7) is 6.69. The van der Waals surface area contributed by atoms with E-state index in [4.69, 9.17) is 9.47 Å². The van der Waals surface area contributed by atoms with E-state index in [0.29, 0.717) is 39.3 Å². The number of ether oxygens (including phenoxy) is 2. The minimum absolute atomic E-state index is 0.251. The highest BCUT2D eigenvalue weighted by Crippen LogP contribution is 2.35. The SMILES string of the molecule is CCCOC(=O)C(C)CC(C#N)(c1ccncc1)N1CCOCC1. The molecule has 0 aromatic carbocycles. The fourth-order valence-corrected chi connectivity index (χ4v) is 3.05. The molecular weight excluding hydrogens is 306 g/mol. The van der Waals surface area contributed by atoms with Crippen LogP contribution in [0.1, 0.15) is 32.3 Å². The molecule has 0 N–H and O–H groups in total. The lowest BCUT2D eigenvalue weighted by Gasteiger charge is -2.42. The van der Waals surface area contributed by atoms with Crippen molar-refractivity contribution in [1.29, 1.82) is 5.26 Å². The van der Waals surface area contributed by atoms with Gasteiger partial charge in [-0.05, 0) is 30.5 Å². The topological polar surface area (TPSA) is 75.5 Å². The van der Waals surface area contributed by atoms with E-state index in [2.05, 4.69) is 16.0 Å². The highest BCUT2D eigenvalue weighted by atomic mass is 16.5. The summed E-state index contributed by atoms with van der Waals surface area (Å²) in [5, 5.41) is 10.1. The van der Waals surface area contributed by atoms with Gasteiger partial charge in [-0.3, -0.25) is 14.7 Å². The molecule has 1 aliphatic rings. The van der Waals surface area contributed by atoms with Crippen LogP contribution in [0.25, 0.3) is 0 Å². The standard InChI is InChI=1S/C18H25N3O3/c1-3-10-24-17(22)15(2)13-18(14-19,16-4-6-20-7-5-16)21-8-11-23-12-9-21/h4-7,15H,3,8-13H2,1-2H3. The highest BCUT2D eigenvalue weighted by molar-refractivity contribution is 5.72. The number of carbonyl (C=O) groups excluding carboxylic acids is 1. The van der Waals surface area contributed by atoms with Gasteiger partial charge in [0, 0.05) is 25.5 Å². The zero-order valence-corrected chi connectivity index (χ0v) is 14.4. The van der Waals surface area contributed by atoms with E-state index < -0.39 is 5.54 Å². The molecule has 0 aliphatic carbocycles. The first-order valence-corrected chi connectivity index (χ1v) is 8.45. The summed E-state index contributed by atoms with van der Waals surface area (Å²) < 4.78 is 10.7. The van der Waals surface area contributed by atoms with Gasteiger partial charge in [0.2, 0.25) is 0 Å². The summed E-state index contributed by atoms with van der Waals surface area (Å²) in [6, 6.07) is 6.18. The van der Waals surface area contributed by atoms with E-state index >= 15 is 0 Å². The van der Waals surface area contributed by atoms with Crippen molar-refractivity contribution in [2.75, 3.05) is 32.9 Å². The number of rotatable bonds is 7. The van der Waals surface area contributed by atoms with Crippen LogP contribution in [0.3, 0.4) is 0 Å². The monoisotopic (exact) mass is 331 g/mol. The van der Waals surface area contributed by atoms with Crippen molar-refractivity contribution in [2.45, 2.75) is 32.2 Å². The van der Waals surface area contributed by atoms with Crippen molar-refractivity contribution in [2.24, 2.45) is 5.92 Å². The minimum Gasteiger partial charge on any atom is -0.465 e. The van der Waals surface area contributed by atoms with Crippen molar-refractivity contribution in [3.63, 3.8) is 0 Å². The van der Waals surface area contributed by atoms with Crippen LogP contribution in [0.5, 0.6) is 0 Å². The Labute approximate surface area is 143 Å². The molecule has 0 bridgehead atoms. The molecule has 1 saturated heterocycles. The molecule has 2 atom stereocenters. The Balaban J connectivity index is 2.28. The number of carbonyl (C=O) groups is 1.